The van der Waals surface area contributed by atoms with Crippen LogP contribution in [0.5, 0.6) is 0 Å². The molecular formula is C14H18N4. The van der Waals surface area contributed by atoms with E-state index in [0.717, 1.165) is 30.0 Å². The van der Waals surface area contributed by atoms with Crippen molar-refractivity contribution in [1.29, 1.82) is 0 Å². The van der Waals surface area contributed by atoms with Gasteiger partial charge in [-0.05, 0) is 51.6 Å². The Morgan fingerprint density at radius 3 is 2.39 bits per heavy atom. The minimum Gasteiger partial charge on any atom is -0.319 e. The zero-order chi connectivity index (χ0) is 13.0. The molecule has 0 aliphatic carbocycles. The van der Waals surface area contributed by atoms with Gasteiger partial charge in [-0.15, -0.1) is 0 Å². The number of nitrogens with zero attached hydrogens (tertiary/aromatic N) is 3. The maximum absolute atomic E-state index is 4.56. The molecule has 0 fully saturated rings. The van der Waals surface area contributed by atoms with Crippen LogP contribution in [0.4, 0.5) is 0 Å². The first kappa shape index (κ1) is 12.6. The predicted octanol–water partition coefficient (Wildman–Crippen LogP) is 1.92. The molecule has 0 aliphatic rings. The van der Waals surface area contributed by atoms with E-state index in [1.54, 1.807) is 6.20 Å². The van der Waals surface area contributed by atoms with Crippen molar-refractivity contribution >= 4 is 0 Å². The average Bonchev–Trinajstić information content (AvgIpc) is 2.39. The summed E-state index contributed by atoms with van der Waals surface area (Å²) in [5.41, 5.74) is 4.13. The molecule has 4 nitrogen and oxygen atoms in total. The molecule has 0 aromatic carbocycles. The van der Waals surface area contributed by atoms with Gasteiger partial charge in [-0.1, -0.05) is 6.07 Å². The van der Waals surface area contributed by atoms with Crippen LogP contribution in [0, 0.1) is 13.8 Å². The van der Waals surface area contributed by atoms with Crippen LogP contribution in [0.2, 0.25) is 0 Å². The highest BCUT2D eigenvalue weighted by molar-refractivity contribution is 5.49. The van der Waals surface area contributed by atoms with Gasteiger partial charge in [0.25, 0.3) is 0 Å². The van der Waals surface area contributed by atoms with Gasteiger partial charge in [-0.2, -0.15) is 0 Å². The van der Waals surface area contributed by atoms with E-state index < -0.39 is 0 Å². The summed E-state index contributed by atoms with van der Waals surface area (Å²) in [6.07, 6.45) is 2.72. The van der Waals surface area contributed by atoms with E-state index >= 15 is 0 Å². The van der Waals surface area contributed by atoms with E-state index in [1.807, 2.05) is 39.1 Å². The van der Waals surface area contributed by atoms with Crippen molar-refractivity contribution in [2.24, 2.45) is 0 Å². The molecule has 1 N–H and O–H groups in total. The fourth-order valence-corrected chi connectivity index (χ4v) is 1.96. The van der Waals surface area contributed by atoms with Crippen LogP contribution >= 0.6 is 0 Å². The molecule has 2 rings (SSSR count). The second-order valence-electron chi connectivity index (χ2n) is 4.27. The smallest absolute Gasteiger partial charge is 0.178 e. The number of hydrogen-bond acceptors (Lipinski definition) is 4. The van der Waals surface area contributed by atoms with E-state index in [2.05, 4.69) is 20.3 Å². The first-order chi connectivity index (χ1) is 8.72. The van der Waals surface area contributed by atoms with Gasteiger partial charge < -0.3 is 5.32 Å². The first-order valence-corrected chi connectivity index (χ1v) is 6.12. The Morgan fingerprint density at radius 1 is 1.11 bits per heavy atom. The Hall–Kier alpha value is -1.81. The highest BCUT2D eigenvalue weighted by Crippen LogP contribution is 2.16. The third-order valence-electron chi connectivity index (χ3n) is 2.94. The Balaban J connectivity index is 2.36. The molecule has 0 aliphatic heterocycles. The number of nitrogens with one attached hydrogen (secondary N) is 1. The van der Waals surface area contributed by atoms with E-state index in [9.17, 15) is 0 Å². The summed E-state index contributed by atoms with van der Waals surface area (Å²) < 4.78 is 0. The predicted molar refractivity (Wildman–Crippen MR) is 72.4 cm³/mol. The summed E-state index contributed by atoms with van der Waals surface area (Å²) in [6.45, 7) is 5.01. The van der Waals surface area contributed by atoms with Crippen molar-refractivity contribution in [2.45, 2.75) is 20.3 Å². The normalized spacial score (nSPS) is 10.6. The Kier molecular flexibility index (Phi) is 3.99. The molecule has 0 radical (unpaired) electrons. The summed E-state index contributed by atoms with van der Waals surface area (Å²) in [5.74, 6) is 0.707. The van der Waals surface area contributed by atoms with Crippen molar-refractivity contribution in [3.63, 3.8) is 0 Å². The van der Waals surface area contributed by atoms with Crippen LogP contribution in [0.3, 0.4) is 0 Å². The Bertz CT molecular complexity index is 500. The van der Waals surface area contributed by atoms with Gasteiger partial charge >= 0.3 is 0 Å². The third kappa shape index (κ3) is 2.71. The van der Waals surface area contributed by atoms with Crippen molar-refractivity contribution in [3.05, 3.63) is 41.3 Å². The minimum atomic E-state index is 0.707. The monoisotopic (exact) mass is 242 g/mol. The van der Waals surface area contributed by atoms with E-state index in [4.69, 9.17) is 0 Å². The third-order valence-corrected chi connectivity index (χ3v) is 2.94. The van der Waals surface area contributed by atoms with Crippen LogP contribution in [-0.2, 0) is 6.42 Å². The lowest BCUT2D eigenvalue weighted by Crippen LogP contribution is -2.13. The number of likely N-dealkylation sites (N-methyl/N-ethyl adjacent to an activating group) is 1. The van der Waals surface area contributed by atoms with Gasteiger partial charge in [0.15, 0.2) is 5.82 Å². The molecule has 2 aromatic rings. The molecule has 0 atom stereocenters. The molecule has 0 spiro atoms. The quantitative estimate of drug-likeness (QED) is 0.890. The van der Waals surface area contributed by atoms with Crippen molar-refractivity contribution in [1.82, 2.24) is 20.3 Å². The fraction of sp³-hybridized carbons (Fsp3) is 0.357. The molecule has 2 heterocycles. The topological polar surface area (TPSA) is 50.7 Å². The lowest BCUT2D eigenvalue weighted by molar-refractivity contribution is 0.774. The van der Waals surface area contributed by atoms with Gasteiger partial charge in [0.2, 0.25) is 0 Å². The molecular weight excluding hydrogens is 224 g/mol. The Labute approximate surface area is 108 Å². The average molecular weight is 242 g/mol. The number of pyridine rings is 1. The Morgan fingerprint density at radius 2 is 1.83 bits per heavy atom. The maximum atomic E-state index is 4.56. The SMILES string of the molecule is CNCCc1c(C)nc(-c2ccccn2)nc1C. The number of rotatable bonds is 4. The second-order valence-corrected chi connectivity index (χ2v) is 4.27. The molecule has 0 unspecified atom stereocenters. The van der Waals surface area contributed by atoms with Gasteiger partial charge in [0, 0.05) is 17.6 Å². The van der Waals surface area contributed by atoms with Crippen LogP contribution in [0.25, 0.3) is 11.5 Å². The van der Waals surface area contributed by atoms with Crippen molar-refractivity contribution < 1.29 is 0 Å². The molecule has 0 amide bonds. The lowest BCUT2D eigenvalue weighted by atomic mass is 10.1. The molecule has 0 saturated carbocycles. The van der Waals surface area contributed by atoms with Gasteiger partial charge in [0.1, 0.15) is 5.69 Å². The molecule has 18 heavy (non-hydrogen) atoms. The van der Waals surface area contributed by atoms with E-state index in [-0.39, 0.29) is 0 Å². The lowest BCUT2D eigenvalue weighted by Gasteiger charge is -2.10. The first-order valence-electron chi connectivity index (χ1n) is 6.12. The van der Waals surface area contributed by atoms with Crippen LogP contribution in [0.15, 0.2) is 24.4 Å². The highest BCUT2D eigenvalue weighted by atomic mass is 14.9. The second kappa shape index (κ2) is 5.69. The number of hydrogen-bond donors (Lipinski definition) is 1. The van der Waals surface area contributed by atoms with Crippen LogP contribution in [0.1, 0.15) is 17.0 Å². The van der Waals surface area contributed by atoms with Crippen molar-refractivity contribution in [3.8, 4) is 11.5 Å². The van der Waals surface area contributed by atoms with Crippen molar-refractivity contribution in [2.75, 3.05) is 13.6 Å². The van der Waals surface area contributed by atoms with Crippen LogP contribution < -0.4 is 5.32 Å². The maximum Gasteiger partial charge on any atom is 0.178 e. The zero-order valence-electron chi connectivity index (χ0n) is 11.1. The summed E-state index contributed by atoms with van der Waals surface area (Å²) in [7, 11) is 1.95. The molecule has 0 bridgehead atoms. The summed E-state index contributed by atoms with van der Waals surface area (Å²) in [6, 6.07) is 5.78. The fourth-order valence-electron chi connectivity index (χ4n) is 1.96. The van der Waals surface area contributed by atoms with E-state index in [1.165, 1.54) is 5.56 Å². The van der Waals surface area contributed by atoms with Gasteiger partial charge in [-0.25, -0.2) is 9.97 Å². The minimum absolute atomic E-state index is 0.707. The largest absolute Gasteiger partial charge is 0.319 e. The summed E-state index contributed by atoms with van der Waals surface area (Å²) in [4.78, 5) is 13.4. The number of aromatic nitrogens is 3. The molecule has 4 heteroatoms. The standard InChI is InChI=1S/C14H18N4/c1-10-12(7-9-15-3)11(2)18-14(17-10)13-6-4-5-8-16-13/h4-6,8,15H,7,9H2,1-3H3. The van der Waals surface area contributed by atoms with Crippen LogP contribution in [-0.4, -0.2) is 28.5 Å². The number of aryl methyl sites for hydroxylation is 2. The van der Waals surface area contributed by atoms with E-state index in [0.29, 0.717) is 5.82 Å². The highest BCUT2D eigenvalue weighted by Gasteiger charge is 2.09. The molecule has 94 valence electrons. The summed E-state index contributed by atoms with van der Waals surface area (Å²) >= 11 is 0. The van der Waals surface area contributed by atoms with Gasteiger partial charge in [-0.3, -0.25) is 4.98 Å². The van der Waals surface area contributed by atoms with Gasteiger partial charge in [0.05, 0.1) is 0 Å². The molecule has 0 saturated heterocycles. The zero-order valence-corrected chi connectivity index (χ0v) is 11.1. The molecule has 2 aromatic heterocycles. The summed E-state index contributed by atoms with van der Waals surface area (Å²) in [5, 5.41) is 3.15.